The number of aromatic amines is 1. The molecule has 0 bridgehead atoms. The van der Waals surface area contributed by atoms with Gasteiger partial charge >= 0.3 is 12.3 Å². The Bertz CT molecular complexity index is 1320. The molecule has 3 aromatic rings. The van der Waals surface area contributed by atoms with Crippen LogP contribution in [-0.2, 0) is 20.1 Å². The Morgan fingerprint density at radius 3 is 2.57 bits per heavy atom. The Morgan fingerprint density at radius 1 is 1.17 bits per heavy atom. The highest BCUT2D eigenvalue weighted by molar-refractivity contribution is 5.97. The van der Waals surface area contributed by atoms with Crippen molar-refractivity contribution in [3.8, 4) is 5.75 Å². The predicted octanol–water partition coefficient (Wildman–Crippen LogP) is 1.78. The first-order valence-corrected chi connectivity index (χ1v) is 11.5. The first-order valence-electron chi connectivity index (χ1n) is 11.5. The van der Waals surface area contributed by atoms with Crippen molar-refractivity contribution in [2.45, 2.75) is 39.5 Å². The van der Waals surface area contributed by atoms with Gasteiger partial charge in [0.25, 0.3) is 11.5 Å². The average Bonchev–Trinajstić information content (AvgIpc) is 3.15. The Balaban J connectivity index is 1.48. The number of alkyl halides is 2. The lowest BCUT2D eigenvalue weighted by Gasteiger charge is -2.34. The van der Waals surface area contributed by atoms with E-state index >= 15 is 0 Å². The molecule has 0 spiro atoms. The lowest BCUT2D eigenvalue weighted by Crippen LogP contribution is -2.48. The number of hydrogen-bond donors (Lipinski definition) is 1. The minimum absolute atomic E-state index is 0.0980. The van der Waals surface area contributed by atoms with Crippen LogP contribution in [0.5, 0.6) is 5.75 Å². The number of H-pyrrole nitrogens is 1. The zero-order valence-corrected chi connectivity index (χ0v) is 19.7. The van der Waals surface area contributed by atoms with E-state index in [1.54, 1.807) is 22.6 Å². The van der Waals surface area contributed by atoms with E-state index in [0.29, 0.717) is 56.3 Å². The van der Waals surface area contributed by atoms with E-state index in [0.717, 1.165) is 12.8 Å². The maximum Gasteiger partial charge on any atom is 0.387 e. The highest BCUT2D eigenvalue weighted by Gasteiger charge is 2.26. The topological polar surface area (TPSA) is 105 Å². The second-order valence-electron chi connectivity index (χ2n) is 8.47. The van der Waals surface area contributed by atoms with Gasteiger partial charge in [-0.25, -0.2) is 9.78 Å². The molecule has 12 heteroatoms. The first kappa shape index (κ1) is 24.6. The molecule has 3 heterocycles. The quantitative estimate of drug-likeness (QED) is 0.516. The molecule has 1 aliphatic rings. The first-order chi connectivity index (χ1) is 16.8. The number of aryl methyl sites for hydroxylation is 2. The molecule has 2 aromatic heterocycles. The summed E-state index contributed by atoms with van der Waals surface area (Å²) in [7, 11) is 1.74. The second-order valence-corrected chi connectivity index (χ2v) is 8.47. The minimum Gasteiger partial charge on any atom is -0.434 e. The third kappa shape index (κ3) is 5.11. The number of para-hydroxylation sites is 1. The van der Waals surface area contributed by atoms with Crippen molar-refractivity contribution in [1.82, 2.24) is 28.9 Å². The summed E-state index contributed by atoms with van der Waals surface area (Å²) in [5.41, 5.74) is -0.127. The van der Waals surface area contributed by atoms with Gasteiger partial charge in [0.1, 0.15) is 11.6 Å². The summed E-state index contributed by atoms with van der Waals surface area (Å²) in [6.07, 6.45) is 1.68. The Labute approximate surface area is 199 Å². The number of fused-ring (bicyclic) bond motifs is 1. The number of imidazole rings is 1. The normalized spacial score (nSPS) is 14.7. The molecular formula is C23H28F2N6O4. The summed E-state index contributed by atoms with van der Waals surface area (Å²) >= 11 is 0. The van der Waals surface area contributed by atoms with Gasteiger partial charge in [0.15, 0.2) is 11.2 Å². The molecule has 1 amide bonds. The number of hydrogen-bond acceptors (Lipinski definition) is 6. The Hall–Kier alpha value is -3.54. The molecule has 4 rings (SSSR count). The number of rotatable bonds is 8. The van der Waals surface area contributed by atoms with Crippen LogP contribution in [0.25, 0.3) is 11.2 Å². The number of carbonyl (C=O) groups excluding carboxylic acids is 1. The summed E-state index contributed by atoms with van der Waals surface area (Å²) in [6, 6.07) is 5.97. The van der Waals surface area contributed by atoms with Crippen LogP contribution < -0.4 is 16.0 Å². The summed E-state index contributed by atoms with van der Waals surface area (Å²) in [5.74, 6) is 0.126. The zero-order chi connectivity index (χ0) is 25.1. The molecule has 1 aromatic carbocycles. The lowest BCUT2D eigenvalue weighted by molar-refractivity contribution is -0.0503. The van der Waals surface area contributed by atoms with Crippen molar-refractivity contribution in [2.24, 2.45) is 7.05 Å². The van der Waals surface area contributed by atoms with Gasteiger partial charge in [-0.1, -0.05) is 25.5 Å². The highest BCUT2D eigenvalue weighted by Crippen LogP contribution is 2.23. The third-order valence-corrected chi connectivity index (χ3v) is 6.20. The van der Waals surface area contributed by atoms with Gasteiger partial charge < -0.3 is 14.2 Å². The van der Waals surface area contributed by atoms with Gasteiger partial charge in [-0.2, -0.15) is 8.78 Å². The van der Waals surface area contributed by atoms with Crippen molar-refractivity contribution in [2.75, 3.05) is 26.2 Å². The fraction of sp³-hybridized carbons (Fsp3) is 0.478. The van der Waals surface area contributed by atoms with E-state index in [1.807, 2.05) is 6.92 Å². The van der Waals surface area contributed by atoms with Gasteiger partial charge in [-0.05, 0) is 18.6 Å². The van der Waals surface area contributed by atoms with Gasteiger partial charge in [0.05, 0.1) is 12.1 Å². The lowest BCUT2D eigenvalue weighted by atomic mass is 10.1. The van der Waals surface area contributed by atoms with Crippen molar-refractivity contribution in [3.63, 3.8) is 0 Å². The number of halogens is 2. The maximum absolute atomic E-state index is 12.9. The second kappa shape index (κ2) is 10.4. The van der Waals surface area contributed by atoms with Gasteiger partial charge in [-0.15, -0.1) is 0 Å². The van der Waals surface area contributed by atoms with Crippen molar-refractivity contribution >= 4 is 17.1 Å². The summed E-state index contributed by atoms with van der Waals surface area (Å²) < 4.78 is 33.1. The average molecular weight is 491 g/mol. The van der Waals surface area contributed by atoms with Crippen LogP contribution in [-0.4, -0.2) is 67.6 Å². The van der Waals surface area contributed by atoms with Crippen LogP contribution in [0.15, 0.2) is 33.9 Å². The van der Waals surface area contributed by atoms with Gasteiger partial charge in [0.2, 0.25) is 0 Å². The van der Waals surface area contributed by atoms with Crippen LogP contribution in [0.4, 0.5) is 8.78 Å². The van der Waals surface area contributed by atoms with Crippen LogP contribution in [0, 0.1) is 0 Å². The molecule has 1 fully saturated rings. The van der Waals surface area contributed by atoms with E-state index in [1.165, 1.54) is 22.8 Å². The minimum atomic E-state index is -3.01. The molecule has 0 unspecified atom stereocenters. The molecule has 188 valence electrons. The molecule has 1 saturated heterocycles. The van der Waals surface area contributed by atoms with Crippen molar-refractivity contribution in [3.05, 3.63) is 56.5 Å². The maximum atomic E-state index is 12.9. The molecule has 1 aliphatic heterocycles. The number of benzene rings is 1. The molecule has 0 saturated carbocycles. The van der Waals surface area contributed by atoms with Crippen LogP contribution in [0.1, 0.15) is 35.9 Å². The predicted molar refractivity (Wildman–Crippen MR) is 125 cm³/mol. The number of ether oxygens (including phenoxy) is 1. The Morgan fingerprint density at radius 2 is 1.89 bits per heavy atom. The summed E-state index contributed by atoms with van der Waals surface area (Å²) in [6.45, 7) is 1.77. The SMILES string of the molecule is CCCCn1c(=O)[nH]c(=O)c2c1nc(CN1CCN(C(=O)c3ccccc3OC(F)F)CC1)n2C. The largest absolute Gasteiger partial charge is 0.434 e. The number of nitrogens with zero attached hydrogens (tertiary/aromatic N) is 5. The molecule has 10 nitrogen and oxygen atoms in total. The van der Waals surface area contributed by atoms with Crippen LogP contribution in [0.2, 0.25) is 0 Å². The standard InChI is InChI=1S/C23H28F2N6O4/c1-3-4-9-31-19-18(20(32)27-23(31)34)28(2)17(26-19)14-29-10-12-30(13-11-29)21(33)15-7-5-6-8-16(15)35-22(24)25/h5-8,22H,3-4,9-14H2,1-2H3,(H,27,32,34). The number of nitrogens with one attached hydrogen (secondary N) is 1. The van der Waals surface area contributed by atoms with Crippen LogP contribution in [0.3, 0.4) is 0 Å². The number of aromatic nitrogens is 4. The monoisotopic (exact) mass is 490 g/mol. The molecule has 0 atom stereocenters. The molecule has 0 radical (unpaired) electrons. The van der Waals surface area contributed by atoms with Crippen LogP contribution >= 0.6 is 0 Å². The van der Waals surface area contributed by atoms with E-state index < -0.39 is 17.9 Å². The fourth-order valence-corrected chi connectivity index (χ4v) is 4.28. The molecule has 0 aliphatic carbocycles. The van der Waals surface area contributed by atoms with E-state index in [4.69, 9.17) is 0 Å². The highest BCUT2D eigenvalue weighted by atomic mass is 19.3. The third-order valence-electron chi connectivity index (χ3n) is 6.20. The van der Waals surface area contributed by atoms with Crippen molar-refractivity contribution < 1.29 is 18.3 Å². The summed E-state index contributed by atoms with van der Waals surface area (Å²) in [4.78, 5) is 48.4. The van der Waals surface area contributed by atoms with Crippen molar-refractivity contribution in [1.29, 1.82) is 0 Å². The van der Waals surface area contributed by atoms with E-state index in [-0.39, 0.29) is 17.2 Å². The smallest absolute Gasteiger partial charge is 0.387 e. The number of piperazine rings is 1. The fourth-order valence-electron chi connectivity index (χ4n) is 4.28. The zero-order valence-electron chi connectivity index (χ0n) is 19.7. The molecular weight excluding hydrogens is 462 g/mol. The van der Waals surface area contributed by atoms with Gasteiger partial charge in [-0.3, -0.25) is 24.0 Å². The summed E-state index contributed by atoms with van der Waals surface area (Å²) in [5, 5.41) is 0. The molecule has 1 N–H and O–H groups in total. The van der Waals surface area contributed by atoms with E-state index in [2.05, 4.69) is 19.6 Å². The number of amides is 1. The number of unbranched alkanes of at least 4 members (excludes halogenated alkanes) is 1. The van der Waals surface area contributed by atoms with E-state index in [9.17, 15) is 23.2 Å². The van der Waals surface area contributed by atoms with Gasteiger partial charge in [0, 0.05) is 39.8 Å². The molecule has 35 heavy (non-hydrogen) atoms. The Kier molecular flexibility index (Phi) is 7.29. The number of carbonyl (C=O) groups is 1.